The minimum absolute atomic E-state index is 0.412. The van der Waals surface area contributed by atoms with E-state index in [1.54, 1.807) is 0 Å². The molecule has 66 valence electrons. The van der Waals surface area contributed by atoms with Crippen LogP contribution in [0.3, 0.4) is 0 Å². The normalized spacial score (nSPS) is 28.1. The highest BCUT2D eigenvalue weighted by Gasteiger charge is 2.25. The van der Waals surface area contributed by atoms with Crippen LogP contribution in [0.5, 0.6) is 0 Å². The zero-order chi connectivity index (χ0) is 8.32. The third kappa shape index (κ3) is 3.04. The summed E-state index contributed by atoms with van der Waals surface area (Å²) in [4.78, 5) is 0. The molecule has 1 fully saturated rings. The maximum atomic E-state index is 3.58. The summed E-state index contributed by atoms with van der Waals surface area (Å²) in [6.45, 7) is 8.13. The van der Waals surface area contributed by atoms with Gasteiger partial charge >= 0.3 is 0 Å². The van der Waals surface area contributed by atoms with Crippen LogP contribution in [0.2, 0.25) is 0 Å². The van der Waals surface area contributed by atoms with Crippen LogP contribution in [0, 0.1) is 5.41 Å². The molecule has 0 aromatic rings. The van der Waals surface area contributed by atoms with Gasteiger partial charge in [-0.25, -0.2) is 0 Å². The zero-order valence-corrected chi connectivity index (χ0v) is 8.63. The first-order valence-corrected chi connectivity index (χ1v) is 5.50. The number of rotatable bonds is 0. The zero-order valence-electron chi connectivity index (χ0n) is 7.81. The van der Waals surface area contributed by atoms with Crippen molar-refractivity contribution in [2.45, 2.75) is 39.0 Å². The van der Waals surface area contributed by atoms with Crippen LogP contribution in [-0.4, -0.2) is 17.7 Å². The molecule has 1 unspecified atom stereocenters. The van der Waals surface area contributed by atoms with E-state index < -0.39 is 0 Å². The van der Waals surface area contributed by atoms with Gasteiger partial charge in [0.1, 0.15) is 0 Å². The number of hydrogen-bond acceptors (Lipinski definition) is 2. The van der Waals surface area contributed by atoms with E-state index in [-0.39, 0.29) is 0 Å². The SMILES string of the molecule is CC(C)(C)C1NCCCCS1. The van der Waals surface area contributed by atoms with Gasteiger partial charge in [-0.2, -0.15) is 0 Å². The largest absolute Gasteiger partial charge is 0.305 e. The fourth-order valence-corrected chi connectivity index (χ4v) is 2.62. The predicted octanol–water partition coefficient (Wildman–Crippen LogP) is 2.48. The Morgan fingerprint density at radius 1 is 1.27 bits per heavy atom. The molecule has 0 aromatic heterocycles. The van der Waals surface area contributed by atoms with Gasteiger partial charge in [0.05, 0.1) is 5.37 Å². The molecule has 2 heteroatoms. The second kappa shape index (κ2) is 3.81. The molecule has 0 bridgehead atoms. The molecule has 1 aliphatic rings. The molecule has 0 amide bonds. The fourth-order valence-electron chi connectivity index (χ4n) is 1.28. The summed E-state index contributed by atoms with van der Waals surface area (Å²) in [6.07, 6.45) is 2.73. The van der Waals surface area contributed by atoms with Crippen LogP contribution in [0.25, 0.3) is 0 Å². The minimum atomic E-state index is 0.412. The van der Waals surface area contributed by atoms with E-state index in [4.69, 9.17) is 0 Å². The summed E-state index contributed by atoms with van der Waals surface area (Å²) in [5, 5.41) is 4.24. The lowest BCUT2D eigenvalue weighted by molar-refractivity contribution is 0.352. The van der Waals surface area contributed by atoms with Crippen molar-refractivity contribution in [2.75, 3.05) is 12.3 Å². The maximum Gasteiger partial charge on any atom is 0.0581 e. The molecule has 0 saturated carbocycles. The van der Waals surface area contributed by atoms with Crippen LogP contribution in [0.1, 0.15) is 33.6 Å². The molecule has 1 nitrogen and oxygen atoms in total. The quantitative estimate of drug-likeness (QED) is 0.604. The van der Waals surface area contributed by atoms with Crippen LogP contribution in [0.4, 0.5) is 0 Å². The summed E-state index contributed by atoms with van der Waals surface area (Å²) >= 11 is 2.08. The molecule has 0 aliphatic carbocycles. The Hall–Kier alpha value is 0.310. The lowest BCUT2D eigenvalue weighted by Crippen LogP contribution is -2.37. The highest BCUT2D eigenvalue weighted by atomic mass is 32.2. The Labute approximate surface area is 74.3 Å². The van der Waals surface area contributed by atoms with E-state index in [1.807, 2.05) is 0 Å². The first-order valence-electron chi connectivity index (χ1n) is 4.46. The molecule has 1 aliphatic heterocycles. The molecule has 1 atom stereocenters. The summed E-state index contributed by atoms with van der Waals surface area (Å²) in [5.41, 5.74) is 0.412. The second-order valence-corrected chi connectivity index (χ2v) is 5.49. The maximum absolute atomic E-state index is 3.58. The molecular weight excluding hydrogens is 154 g/mol. The first-order chi connectivity index (χ1) is 5.11. The van der Waals surface area contributed by atoms with Crippen molar-refractivity contribution in [1.82, 2.24) is 5.32 Å². The van der Waals surface area contributed by atoms with Crippen molar-refractivity contribution in [3.63, 3.8) is 0 Å². The Kier molecular flexibility index (Phi) is 3.26. The Morgan fingerprint density at radius 2 is 2.00 bits per heavy atom. The molecule has 0 aromatic carbocycles. The van der Waals surface area contributed by atoms with Crippen LogP contribution >= 0.6 is 11.8 Å². The van der Waals surface area contributed by atoms with E-state index in [0.717, 1.165) is 0 Å². The monoisotopic (exact) mass is 173 g/mol. The van der Waals surface area contributed by atoms with E-state index >= 15 is 0 Å². The predicted molar refractivity (Wildman–Crippen MR) is 52.9 cm³/mol. The van der Waals surface area contributed by atoms with Gasteiger partial charge in [0.2, 0.25) is 0 Å². The van der Waals surface area contributed by atoms with Gasteiger partial charge in [-0.1, -0.05) is 20.8 Å². The number of nitrogens with one attached hydrogen (secondary N) is 1. The van der Waals surface area contributed by atoms with Gasteiger partial charge in [0.15, 0.2) is 0 Å². The summed E-state index contributed by atoms with van der Waals surface area (Å²) < 4.78 is 0. The molecule has 0 spiro atoms. The Morgan fingerprint density at radius 3 is 2.64 bits per heavy atom. The highest BCUT2D eigenvalue weighted by molar-refractivity contribution is 7.99. The lowest BCUT2D eigenvalue weighted by atomic mass is 9.96. The minimum Gasteiger partial charge on any atom is -0.305 e. The van der Waals surface area contributed by atoms with Gasteiger partial charge in [0.25, 0.3) is 0 Å². The van der Waals surface area contributed by atoms with E-state index in [1.165, 1.54) is 25.1 Å². The molecule has 0 radical (unpaired) electrons. The van der Waals surface area contributed by atoms with Crippen molar-refractivity contribution in [3.05, 3.63) is 0 Å². The molecule has 11 heavy (non-hydrogen) atoms. The Balaban J connectivity index is 2.43. The first kappa shape index (κ1) is 9.40. The summed E-state index contributed by atoms with van der Waals surface area (Å²) in [6, 6.07) is 0. The van der Waals surface area contributed by atoms with Gasteiger partial charge in [-0.3, -0.25) is 0 Å². The van der Waals surface area contributed by atoms with Crippen molar-refractivity contribution in [3.8, 4) is 0 Å². The molecule has 1 rings (SSSR count). The van der Waals surface area contributed by atoms with Crippen molar-refractivity contribution in [2.24, 2.45) is 5.41 Å². The standard InChI is InChI=1S/C9H19NS/c1-9(2,3)8-10-6-4-5-7-11-8/h8,10H,4-7H2,1-3H3. The van der Waals surface area contributed by atoms with E-state index in [2.05, 4.69) is 37.8 Å². The summed E-state index contributed by atoms with van der Waals surface area (Å²) in [5.74, 6) is 1.33. The smallest absolute Gasteiger partial charge is 0.0581 e. The molecular formula is C9H19NS. The average molecular weight is 173 g/mol. The van der Waals surface area contributed by atoms with Crippen LogP contribution in [0.15, 0.2) is 0 Å². The number of thioether (sulfide) groups is 1. The van der Waals surface area contributed by atoms with Gasteiger partial charge < -0.3 is 5.32 Å². The van der Waals surface area contributed by atoms with Crippen molar-refractivity contribution >= 4 is 11.8 Å². The van der Waals surface area contributed by atoms with Gasteiger partial charge in [0, 0.05) is 0 Å². The van der Waals surface area contributed by atoms with Crippen molar-refractivity contribution in [1.29, 1.82) is 0 Å². The van der Waals surface area contributed by atoms with Crippen LogP contribution < -0.4 is 5.32 Å². The van der Waals surface area contributed by atoms with E-state index in [9.17, 15) is 0 Å². The molecule has 1 saturated heterocycles. The molecule has 1 heterocycles. The highest BCUT2D eigenvalue weighted by Crippen LogP contribution is 2.30. The average Bonchev–Trinajstić information content (AvgIpc) is 2.10. The molecule has 1 N–H and O–H groups in total. The van der Waals surface area contributed by atoms with Gasteiger partial charge in [-0.05, 0) is 30.6 Å². The summed E-state index contributed by atoms with van der Waals surface area (Å²) in [7, 11) is 0. The topological polar surface area (TPSA) is 12.0 Å². The third-order valence-electron chi connectivity index (χ3n) is 1.97. The third-order valence-corrected chi connectivity index (χ3v) is 3.70. The number of hydrogen-bond donors (Lipinski definition) is 1. The Bertz CT molecular complexity index is 109. The lowest BCUT2D eigenvalue weighted by Gasteiger charge is -2.29. The van der Waals surface area contributed by atoms with Crippen molar-refractivity contribution < 1.29 is 0 Å². The van der Waals surface area contributed by atoms with E-state index in [0.29, 0.717) is 10.8 Å². The second-order valence-electron chi connectivity index (χ2n) is 4.28. The van der Waals surface area contributed by atoms with Crippen LogP contribution in [-0.2, 0) is 0 Å². The van der Waals surface area contributed by atoms with Gasteiger partial charge in [-0.15, -0.1) is 11.8 Å². The fraction of sp³-hybridized carbons (Fsp3) is 1.00.